The van der Waals surface area contributed by atoms with Crippen molar-refractivity contribution in [3.63, 3.8) is 0 Å². The molecule has 1 aliphatic carbocycles. The van der Waals surface area contributed by atoms with Gasteiger partial charge in [0.05, 0.1) is 16.5 Å². The third kappa shape index (κ3) is 6.27. The summed E-state index contributed by atoms with van der Waals surface area (Å²) in [6, 6.07) is 14.8. The highest BCUT2D eigenvalue weighted by Gasteiger charge is 2.45. The van der Waals surface area contributed by atoms with Crippen LogP contribution >= 0.6 is 11.6 Å². The molecule has 2 amide bonds. The number of aliphatic hydroxyl groups is 1. The molecule has 35 heavy (non-hydrogen) atoms. The fourth-order valence-electron chi connectivity index (χ4n) is 5.34. The van der Waals surface area contributed by atoms with Crippen molar-refractivity contribution in [2.45, 2.75) is 69.1 Å². The number of carboxylic acid groups (broad SMARTS) is 1. The molecular formula is C27H33ClN2O5. The van der Waals surface area contributed by atoms with E-state index in [1.807, 2.05) is 36.4 Å². The normalized spacial score (nSPS) is 20.6. The van der Waals surface area contributed by atoms with E-state index in [0.29, 0.717) is 61.7 Å². The van der Waals surface area contributed by atoms with Gasteiger partial charge in [0.15, 0.2) is 0 Å². The van der Waals surface area contributed by atoms with Gasteiger partial charge in [0.25, 0.3) is 0 Å². The summed E-state index contributed by atoms with van der Waals surface area (Å²) >= 11 is 6.59. The summed E-state index contributed by atoms with van der Waals surface area (Å²) < 4.78 is 5.90. The van der Waals surface area contributed by atoms with Gasteiger partial charge in [-0.3, -0.25) is 4.79 Å². The zero-order valence-electron chi connectivity index (χ0n) is 19.8. The Labute approximate surface area is 211 Å². The number of nitrogens with zero attached hydrogens (tertiary/aromatic N) is 1. The lowest BCUT2D eigenvalue weighted by Gasteiger charge is -2.42. The summed E-state index contributed by atoms with van der Waals surface area (Å²) in [5, 5.41) is 23.7. The fraction of sp³-hybridized carbons (Fsp3) is 0.481. The summed E-state index contributed by atoms with van der Waals surface area (Å²) in [6.07, 6.45) is 4.12. The van der Waals surface area contributed by atoms with Crippen LogP contribution < -0.4 is 10.1 Å². The number of rotatable bonds is 7. The van der Waals surface area contributed by atoms with Crippen LogP contribution in [0.15, 0.2) is 48.5 Å². The van der Waals surface area contributed by atoms with Crippen LogP contribution in [0.5, 0.6) is 5.75 Å². The Morgan fingerprint density at radius 2 is 1.86 bits per heavy atom. The Kier molecular flexibility index (Phi) is 8.19. The number of benzene rings is 2. The quantitative estimate of drug-likeness (QED) is 0.499. The molecule has 2 atom stereocenters. The Morgan fingerprint density at radius 1 is 1.11 bits per heavy atom. The third-order valence-corrected chi connectivity index (χ3v) is 7.39. The SMILES string of the molecule is O=C(O)N[C@@H]1CCCN(C(=O)C(c2ccc(OCc3ccccc3)c(Cl)c2)C2(O)CCCCC2)C1. The zero-order chi connectivity index (χ0) is 24.8. The van der Waals surface area contributed by atoms with Crippen LogP contribution in [0.2, 0.25) is 5.02 Å². The van der Waals surface area contributed by atoms with Crippen LogP contribution in [-0.2, 0) is 11.4 Å². The summed E-state index contributed by atoms with van der Waals surface area (Å²) in [6.45, 7) is 1.21. The Balaban J connectivity index is 1.57. The maximum absolute atomic E-state index is 13.9. The number of nitrogens with one attached hydrogen (secondary N) is 1. The zero-order valence-corrected chi connectivity index (χ0v) is 20.5. The van der Waals surface area contributed by atoms with E-state index in [4.69, 9.17) is 21.4 Å². The number of ether oxygens (including phenoxy) is 1. The first-order valence-corrected chi connectivity index (χ1v) is 12.7. The molecule has 0 spiro atoms. The number of amides is 2. The van der Waals surface area contributed by atoms with Crippen LogP contribution in [-0.4, -0.2) is 51.8 Å². The van der Waals surface area contributed by atoms with Gasteiger partial charge in [-0.1, -0.05) is 67.3 Å². The van der Waals surface area contributed by atoms with E-state index in [2.05, 4.69) is 5.32 Å². The number of halogens is 1. The smallest absolute Gasteiger partial charge is 0.404 e. The lowest BCUT2D eigenvalue weighted by atomic mass is 9.72. The van der Waals surface area contributed by atoms with E-state index in [-0.39, 0.29) is 11.9 Å². The van der Waals surface area contributed by atoms with Gasteiger partial charge in [-0.05, 0) is 48.9 Å². The maximum Gasteiger partial charge on any atom is 0.404 e. The number of likely N-dealkylation sites (tertiary alicyclic amines) is 1. The largest absolute Gasteiger partial charge is 0.487 e. The fourth-order valence-corrected chi connectivity index (χ4v) is 5.58. The minimum Gasteiger partial charge on any atom is -0.487 e. The summed E-state index contributed by atoms with van der Waals surface area (Å²) in [7, 11) is 0. The first-order valence-electron chi connectivity index (χ1n) is 12.3. The van der Waals surface area contributed by atoms with E-state index in [9.17, 15) is 14.7 Å². The highest BCUT2D eigenvalue weighted by Crippen LogP contribution is 2.43. The van der Waals surface area contributed by atoms with Crippen molar-refractivity contribution in [1.82, 2.24) is 10.2 Å². The van der Waals surface area contributed by atoms with Crippen molar-refractivity contribution in [1.29, 1.82) is 0 Å². The average Bonchev–Trinajstić information content (AvgIpc) is 2.84. The van der Waals surface area contributed by atoms with Gasteiger partial charge in [0, 0.05) is 19.1 Å². The molecule has 2 fully saturated rings. The molecule has 1 unspecified atom stereocenters. The molecule has 0 bridgehead atoms. The molecule has 2 aliphatic rings. The van der Waals surface area contributed by atoms with Gasteiger partial charge < -0.3 is 25.2 Å². The molecule has 1 saturated carbocycles. The van der Waals surface area contributed by atoms with Gasteiger partial charge >= 0.3 is 6.09 Å². The second kappa shape index (κ2) is 11.3. The van der Waals surface area contributed by atoms with E-state index in [1.165, 1.54) is 0 Å². The minimum atomic E-state index is -1.17. The number of carbonyl (C=O) groups excluding carboxylic acids is 1. The summed E-state index contributed by atoms with van der Waals surface area (Å²) in [5.74, 6) is -0.433. The molecule has 3 N–H and O–H groups in total. The minimum absolute atomic E-state index is 0.180. The van der Waals surface area contributed by atoms with Gasteiger partial charge in [-0.2, -0.15) is 0 Å². The predicted octanol–water partition coefficient (Wildman–Crippen LogP) is 4.96. The number of hydrogen-bond acceptors (Lipinski definition) is 4. The molecule has 8 heteroatoms. The lowest BCUT2D eigenvalue weighted by molar-refractivity contribution is -0.143. The van der Waals surface area contributed by atoms with Crippen molar-refractivity contribution in [2.24, 2.45) is 0 Å². The first-order chi connectivity index (χ1) is 16.9. The average molecular weight is 501 g/mol. The van der Waals surface area contributed by atoms with Gasteiger partial charge in [-0.15, -0.1) is 0 Å². The van der Waals surface area contributed by atoms with Crippen LogP contribution in [0.4, 0.5) is 4.79 Å². The van der Waals surface area contributed by atoms with E-state index in [0.717, 1.165) is 24.8 Å². The Hall–Kier alpha value is -2.77. The van der Waals surface area contributed by atoms with Crippen LogP contribution in [0, 0.1) is 0 Å². The summed E-state index contributed by atoms with van der Waals surface area (Å²) in [5.41, 5.74) is 0.509. The van der Waals surface area contributed by atoms with Gasteiger partial charge in [-0.25, -0.2) is 4.79 Å². The molecule has 1 heterocycles. The second-order valence-corrected chi connectivity index (χ2v) is 10.0. The maximum atomic E-state index is 13.9. The van der Waals surface area contributed by atoms with Crippen molar-refractivity contribution < 1.29 is 24.5 Å². The lowest BCUT2D eigenvalue weighted by Crippen LogP contribution is -2.54. The second-order valence-electron chi connectivity index (χ2n) is 9.63. The monoisotopic (exact) mass is 500 g/mol. The molecule has 1 saturated heterocycles. The molecular weight excluding hydrogens is 468 g/mol. The van der Waals surface area contributed by atoms with Crippen LogP contribution in [0.1, 0.15) is 62.0 Å². The number of carbonyl (C=O) groups is 2. The molecule has 7 nitrogen and oxygen atoms in total. The molecule has 0 aromatic heterocycles. The topological polar surface area (TPSA) is 99.1 Å². The highest BCUT2D eigenvalue weighted by atomic mass is 35.5. The number of hydrogen-bond donors (Lipinski definition) is 3. The van der Waals surface area contributed by atoms with E-state index < -0.39 is 17.6 Å². The molecule has 0 radical (unpaired) electrons. The standard InChI is InChI=1S/C27H33ClN2O5/c28-22-16-20(11-12-23(22)35-18-19-8-3-1-4-9-19)24(27(34)13-5-2-6-14-27)25(31)30-15-7-10-21(17-30)29-26(32)33/h1,3-4,8-9,11-12,16,21,24,29,34H,2,5-7,10,13-15,17-18H2,(H,32,33)/t21-,24?/m1/s1. The van der Waals surface area contributed by atoms with Gasteiger partial charge in [0.1, 0.15) is 12.4 Å². The van der Waals surface area contributed by atoms with Crippen molar-refractivity contribution in [3.8, 4) is 5.75 Å². The van der Waals surface area contributed by atoms with Gasteiger partial charge in [0.2, 0.25) is 5.91 Å². The van der Waals surface area contributed by atoms with Crippen molar-refractivity contribution in [3.05, 3.63) is 64.7 Å². The summed E-state index contributed by atoms with van der Waals surface area (Å²) in [4.78, 5) is 26.7. The molecule has 2 aromatic rings. The van der Waals surface area contributed by atoms with Crippen LogP contribution in [0.25, 0.3) is 0 Å². The highest BCUT2D eigenvalue weighted by molar-refractivity contribution is 6.32. The molecule has 1 aliphatic heterocycles. The Bertz CT molecular complexity index is 1030. The van der Waals surface area contributed by atoms with Crippen molar-refractivity contribution in [2.75, 3.05) is 13.1 Å². The Morgan fingerprint density at radius 3 is 2.54 bits per heavy atom. The van der Waals surface area contributed by atoms with E-state index >= 15 is 0 Å². The molecule has 2 aromatic carbocycles. The molecule has 4 rings (SSSR count). The predicted molar refractivity (Wildman–Crippen MR) is 134 cm³/mol. The van der Waals surface area contributed by atoms with Crippen molar-refractivity contribution >= 4 is 23.6 Å². The first kappa shape index (κ1) is 25.3. The molecule has 188 valence electrons. The van der Waals surface area contributed by atoms with Crippen LogP contribution in [0.3, 0.4) is 0 Å². The number of piperidine rings is 1. The third-order valence-electron chi connectivity index (χ3n) is 7.09. The van der Waals surface area contributed by atoms with E-state index in [1.54, 1.807) is 17.0 Å².